The van der Waals surface area contributed by atoms with E-state index in [9.17, 15) is 17.2 Å². The normalized spacial score (nSPS) is 11.4. The molecule has 0 saturated carbocycles. The van der Waals surface area contributed by atoms with Crippen molar-refractivity contribution in [3.05, 3.63) is 58.1 Å². The molecule has 1 N–H and O–H groups in total. The van der Waals surface area contributed by atoms with E-state index in [1.54, 1.807) is 0 Å². The molecule has 0 aromatic heterocycles. The van der Waals surface area contributed by atoms with Gasteiger partial charge in [0, 0.05) is 0 Å². The summed E-state index contributed by atoms with van der Waals surface area (Å²) < 4.78 is 52.7. The van der Waals surface area contributed by atoms with Gasteiger partial charge in [0.15, 0.2) is 0 Å². The van der Waals surface area contributed by atoms with E-state index in [-0.39, 0.29) is 15.7 Å². The molecule has 0 fully saturated rings. The Labute approximate surface area is 124 Å². The van der Waals surface area contributed by atoms with Gasteiger partial charge in [0.2, 0.25) is 0 Å². The monoisotopic (exact) mass is 337 g/mol. The summed E-state index contributed by atoms with van der Waals surface area (Å²) in [6, 6.07) is 6.60. The predicted octanol–water partition coefficient (Wildman–Crippen LogP) is 4.07. The first-order chi connectivity index (χ1) is 9.31. The Hall–Kier alpha value is -1.37. The summed E-state index contributed by atoms with van der Waals surface area (Å²) >= 11 is 11.4. The van der Waals surface area contributed by atoms with Crippen LogP contribution in [0.25, 0.3) is 0 Å². The maximum atomic E-state index is 13.5. The molecule has 0 aliphatic carbocycles. The third-order valence-corrected chi connectivity index (χ3v) is 4.35. The largest absolute Gasteiger partial charge is 0.276 e. The fourth-order valence-corrected chi connectivity index (χ4v) is 3.34. The Balaban J connectivity index is 2.47. The maximum absolute atomic E-state index is 13.5. The minimum absolute atomic E-state index is 0.210. The molecule has 0 radical (unpaired) electrons. The number of hydrogen-bond acceptors (Lipinski definition) is 2. The van der Waals surface area contributed by atoms with Gasteiger partial charge >= 0.3 is 0 Å². The number of halogens is 4. The van der Waals surface area contributed by atoms with E-state index in [1.165, 1.54) is 12.1 Å². The highest BCUT2D eigenvalue weighted by molar-refractivity contribution is 7.92. The van der Waals surface area contributed by atoms with Crippen molar-refractivity contribution in [2.75, 3.05) is 4.72 Å². The molecule has 0 saturated heterocycles. The molecule has 2 aromatic carbocycles. The van der Waals surface area contributed by atoms with E-state index in [0.717, 1.165) is 24.3 Å². The quantitative estimate of drug-likeness (QED) is 0.917. The van der Waals surface area contributed by atoms with Crippen molar-refractivity contribution in [2.24, 2.45) is 0 Å². The molecule has 0 heterocycles. The molecular formula is C12H7Cl2F2NO2S. The van der Waals surface area contributed by atoms with E-state index in [2.05, 4.69) is 0 Å². The van der Waals surface area contributed by atoms with Crippen LogP contribution in [0, 0.1) is 11.6 Å². The number of benzene rings is 2. The fourth-order valence-electron chi connectivity index (χ4n) is 1.49. The van der Waals surface area contributed by atoms with Gasteiger partial charge < -0.3 is 0 Å². The van der Waals surface area contributed by atoms with Gasteiger partial charge in [-0.25, -0.2) is 17.2 Å². The number of nitrogens with one attached hydrogen (secondary N) is 1. The average Bonchev–Trinajstić information content (AvgIpc) is 2.34. The molecule has 0 spiro atoms. The van der Waals surface area contributed by atoms with Crippen LogP contribution >= 0.6 is 23.2 Å². The molecular weight excluding hydrogens is 331 g/mol. The van der Waals surface area contributed by atoms with Crippen molar-refractivity contribution in [1.29, 1.82) is 0 Å². The summed E-state index contributed by atoms with van der Waals surface area (Å²) in [5.41, 5.74) is -0.210. The van der Waals surface area contributed by atoms with E-state index < -0.39 is 26.6 Å². The minimum atomic E-state index is -4.22. The number of rotatable bonds is 3. The van der Waals surface area contributed by atoms with Crippen molar-refractivity contribution in [3.63, 3.8) is 0 Å². The van der Waals surface area contributed by atoms with Crippen LogP contribution in [0.1, 0.15) is 0 Å². The lowest BCUT2D eigenvalue weighted by molar-refractivity contribution is 0.570. The van der Waals surface area contributed by atoms with Crippen molar-refractivity contribution >= 4 is 38.9 Å². The van der Waals surface area contributed by atoms with E-state index >= 15 is 0 Å². The topological polar surface area (TPSA) is 46.2 Å². The van der Waals surface area contributed by atoms with Gasteiger partial charge in [-0.1, -0.05) is 35.3 Å². The van der Waals surface area contributed by atoms with Gasteiger partial charge in [0.05, 0.1) is 15.7 Å². The van der Waals surface area contributed by atoms with E-state index in [4.69, 9.17) is 23.2 Å². The van der Waals surface area contributed by atoms with Crippen molar-refractivity contribution < 1.29 is 17.2 Å². The molecule has 8 heteroatoms. The third-order valence-electron chi connectivity index (χ3n) is 2.37. The Morgan fingerprint density at radius 1 is 1.00 bits per heavy atom. The summed E-state index contributed by atoms with van der Waals surface area (Å²) in [6.45, 7) is 0. The zero-order chi connectivity index (χ0) is 14.9. The first-order valence-electron chi connectivity index (χ1n) is 5.23. The summed E-state index contributed by atoms with van der Waals surface area (Å²) in [5.74, 6) is -1.64. The van der Waals surface area contributed by atoms with E-state index in [1.807, 2.05) is 4.72 Å². The Morgan fingerprint density at radius 2 is 1.55 bits per heavy atom. The smallest absolute Gasteiger partial charge is 0.264 e. The second kappa shape index (κ2) is 5.55. The van der Waals surface area contributed by atoms with Crippen LogP contribution in [0.3, 0.4) is 0 Å². The van der Waals surface area contributed by atoms with Crippen molar-refractivity contribution in [3.8, 4) is 0 Å². The van der Waals surface area contributed by atoms with Gasteiger partial charge in [-0.15, -0.1) is 0 Å². The molecule has 2 rings (SSSR count). The third kappa shape index (κ3) is 3.03. The van der Waals surface area contributed by atoms with Gasteiger partial charge in [-0.05, 0) is 24.3 Å². The minimum Gasteiger partial charge on any atom is -0.276 e. The van der Waals surface area contributed by atoms with Crippen LogP contribution in [-0.4, -0.2) is 8.42 Å². The molecule has 0 unspecified atom stereocenters. The average molecular weight is 338 g/mol. The molecule has 2 aromatic rings. The lowest BCUT2D eigenvalue weighted by atomic mass is 10.3. The lowest BCUT2D eigenvalue weighted by Crippen LogP contribution is -2.15. The molecule has 0 aliphatic heterocycles. The predicted molar refractivity (Wildman–Crippen MR) is 73.6 cm³/mol. The van der Waals surface area contributed by atoms with Crippen LogP contribution in [0.15, 0.2) is 41.3 Å². The highest BCUT2D eigenvalue weighted by Crippen LogP contribution is 2.33. The number of sulfonamides is 1. The van der Waals surface area contributed by atoms with Gasteiger partial charge in [-0.3, -0.25) is 4.72 Å². The summed E-state index contributed by atoms with van der Waals surface area (Å²) in [7, 11) is -4.22. The second-order valence-corrected chi connectivity index (χ2v) is 6.25. The standard InChI is InChI=1S/C12H7Cl2F2NO2S/c13-8-5-7(15)6-9(14)12(8)17-20(18,19)11-4-2-1-3-10(11)16/h1-6,17H. The highest BCUT2D eigenvalue weighted by Gasteiger charge is 2.21. The van der Waals surface area contributed by atoms with Crippen LogP contribution in [-0.2, 0) is 10.0 Å². The summed E-state index contributed by atoms with van der Waals surface area (Å²) in [5, 5.41) is -0.454. The Morgan fingerprint density at radius 3 is 2.10 bits per heavy atom. The van der Waals surface area contributed by atoms with Gasteiger partial charge in [0.1, 0.15) is 16.5 Å². The van der Waals surface area contributed by atoms with Crippen LogP contribution < -0.4 is 4.72 Å². The highest BCUT2D eigenvalue weighted by atomic mass is 35.5. The summed E-state index contributed by atoms with van der Waals surface area (Å²) in [4.78, 5) is -0.559. The zero-order valence-corrected chi connectivity index (χ0v) is 12.0. The second-order valence-electron chi connectivity index (χ2n) is 3.78. The van der Waals surface area contributed by atoms with Gasteiger partial charge in [0.25, 0.3) is 10.0 Å². The first-order valence-corrected chi connectivity index (χ1v) is 7.47. The van der Waals surface area contributed by atoms with Crippen LogP contribution in [0.4, 0.5) is 14.5 Å². The number of anilines is 1. The first kappa shape index (κ1) is 15.0. The molecule has 106 valence electrons. The fraction of sp³-hybridized carbons (Fsp3) is 0. The van der Waals surface area contributed by atoms with Gasteiger partial charge in [-0.2, -0.15) is 0 Å². The van der Waals surface area contributed by atoms with Crippen molar-refractivity contribution in [1.82, 2.24) is 0 Å². The van der Waals surface area contributed by atoms with Crippen LogP contribution in [0.5, 0.6) is 0 Å². The molecule has 0 atom stereocenters. The SMILES string of the molecule is O=S(=O)(Nc1c(Cl)cc(F)cc1Cl)c1ccccc1F. The zero-order valence-electron chi connectivity index (χ0n) is 9.70. The van der Waals surface area contributed by atoms with Crippen LogP contribution in [0.2, 0.25) is 10.0 Å². The molecule has 0 amide bonds. The molecule has 3 nitrogen and oxygen atoms in total. The molecule has 0 aliphatic rings. The molecule has 20 heavy (non-hydrogen) atoms. The Kier molecular flexibility index (Phi) is 4.17. The van der Waals surface area contributed by atoms with E-state index in [0.29, 0.717) is 0 Å². The lowest BCUT2D eigenvalue weighted by Gasteiger charge is -2.11. The Bertz CT molecular complexity index is 743. The van der Waals surface area contributed by atoms with Crippen molar-refractivity contribution in [2.45, 2.75) is 4.90 Å². The summed E-state index contributed by atoms with van der Waals surface area (Å²) in [6.07, 6.45) is 0. The maximum Gasteiger partial charge on any atom is 0.264 e. The molecule has 0 bridgehead atoms. The number of hydrogen-bond donors (Lipinski definition) is 1.